The number of phenols is 1. The van der Waals surface area contributed by atoms with Crippen molar-refractivity contribution in [1.82, 2.24) is 0 Å². The first-order chi connectivity index (χ1) is 5.74. The van der Waals surface area contributed by atoms with Gasteiger partial charge in [0.05, 0.1) is 0 Å². The minimum atomic E-state index is -0.331. The van der Waals surface area contributed by atoms with E-state index >= 15 is 0 Å². The lowest BCUT2D eigenvalue weighted by molar-refractivity contribution is 0.468. The fraction of sp³-hybridized carbons (Fsp3) is 0.400. The third kappa shape index (κ3) is 2.91. The van der Waals surface area contributed by atoms with Crippen molar-refractivity contribution in [2.24, 2.45) is 0 Å². The van der Waals surface area contributed by atoms with Crippen molar-refractivity contribution in [1.29, 1.82) is 0 Å². The summed E-state index contributed by atoms with van der Waals surface area (Å²) in [4.78, 5) is 0. The Kier molecular flexibility index (Phi) is 5.09. The average Bonchev–Trinajstić information content (AvgIpc) is 2.08. The Morgan fingerprint density at radius 2 is 1.92 bits per heavy atom. The number of rotatable bonds is 1. The van der Waals surface area contributed by atoms with Crippen molar-refractivity contribution >= 4 is 0 Å². The van der Waals surface area contributed by atoms with Gasteiger partial charge in [-0.3, -0.25) is 0 Å². The van der Waals surface area contributed by atoms with Crippen LogP contribution in [-0.2, 0) is 6.42 Å². The van der Waals surface area contributed by atoms with Gasteiger partial charge in [0.25, 0.3) is 0 Å². The largest absolute Gasteiger partial charge is 0.508 e. The fourth-order valence-corrected chi connectivity index (χ4v) is 0.823. The van der Waals surface area contributed by atoms with Gasteiger partial charge in [0, 0.05) is 6.07 Å². The smallest absolute Gasteiger partial charge is 0.130 e. The molecule has 68 valence electrons. The van der Waals surface area contributed by atoms with E-state index in [4.69, 9.17) is 5.11 Å². The summed E-state index contributed by atoms with van der Waals surface area (Å²) in [5.41, 5.74) is 0.637. The molecule has 1 N–H and O–H groups in total. The molecule has 0 bridgehead atoms. The van der Waals surface area contributed by atoms with Crippen LogP contribution in [0.15, 0.2) is 18.2 Å². The Morgan fingerprint density at radius 1 is 1.33 bits per heavy atom. The zero-order valence-corrected chi connectivity index (χ0v) is 7.76. The number of hydrogen-bond acceptors (Lipinski definition) is 1. The molecule has 1 rings (SSSR count). The standard InChI is InChI=1S/C8H9FO.C2H6/c1-2-6-3-4-7(10)5-8(6)9;1-2/h3-5,10H,2H2,1H3;1-2H3. The molecular weight excluding hydrogens is 155 g/mol. The highest BCUT2D eigenvalue weighted by Gasteiger charge is 1.98. The van der Waals surface area contributed by atoms with Gasteiger partial charge in [-0.15, -0.1) is 0 Å². The Labute approximate surface area is 72.9 Å². The average molecular weight is 170 g/mol. The molecule has 0 aliphatic heterocycles. The number of hydrogen-bond donors (Lipinski definition) is 1. The van der Waals surface area contributed by atoms with E-state index < -0.39 is 0 Å². The third-order valence-electron chi connectivity index (χ3n) is 1.42. The van der Waals surface area contributed by atoms with Crippen LogP contribution < -0.4 is 0 Å². The molecule has 0 saturated carbocycles. The number of phenolic OH excluding ortho intramolecular Hbond substituents is 1. The molecule has 0 spiro atoms. The Balaban J connectivity index is 0.000000561. The second kappa shape index (κ2) is 5.58. The minimum absolute atomic E-state index is 0.0188. The predicted octanol–water partition coefficient (Wildman–Crippen LogP) is 3.12. The molecule has 1 aromatic carbocycles. The number of benzene rings is 1. The van der Waals surface area contributed by atoms with Gasteiger partial charge in [-0.2, -0.15) is 0 Å². The Bertz CT molecular complexity index is 233. The molecular formula is C10H15FO. The summed E-state index contributed by atoms with van der Waals surface area (Å²) in [6.07, 6.45) is 0.659. The molecule has 0 aromatic heterocycles. The van der Waals surface area contributed by atoms with E-state index in [1.54, 1.807) is 6.07 Å². The molecule has 1 nitrogen and oxygen atoms in total. The first-order valence-corrected chi connectivity index (χ1v) is 4.21. The van der Waals surface area contributed by atoms with Crippen LogP contribution in [0.1, 0.15) is 26.3 Å². The third-order valence-corrected chi connectivity index (χ3v) is 1.42. The van der Waals surface area contributed by atoms with Crippen LogP contribution >= 0.6 is 0 Å². The maximum Gasteiger partial charge on any atom is 0.130 e. The van der Waals surface area contributed by atoms with Crippen LogP contribution in [0.2, 0.25) is 0 Å². The molecule has 0 radical (unpaired) electrons. The molecule has 0 saturated heterocycles. The zero-order valence-electron chi connectivity index (χ0n) is 7.76. The molecule has 1 aromatic rings. The fourth-order valence-electron chi connectivity index (χ4n) is 0.823. The predicted molar refractivity (Wildman–Crippen MR) is 48.8 cm³/mol. The highest BCUT2D eigenvalue weighted by Crippen LogP contribution is 2.14. The highest BCUT2D eigenvalue weighted by atomic mass is 19.1. The number of halogens is 1. The second-order valence-electron chi connectivity index (χ2n) is 2.13. The molecule has 0 aliphatic carbocycles. The van der Waals surface area contributed by atoms with Gasteiger partial charge in [-0.25, -0.2) is 4.39 Å². The van der Waals surface area contributed by atoms with Gasteiger partial charge in [-0.05, 0) is 18.1 Å². The van der Waals surface area contributed by atoms with E-state index in [1.165, 1.54) is 6.07 Å². The summed E-state index contributed by atoms with van der Waals surface area (Å²) in [7, 11) is 0. The molecule has 12 heavy (non-hydrogen) atoms. The first-order valence-electron chi connectivity index (χ1n) is 4.21. The monoisotopic (exact) mass is 170 g/mol. The van der Waals surface area contributed by atoms with Crippen molar-refractivity contribution in [3.8, 4) is 5.75 Å². The van der Waals surface area contributed by atoms with Crippen LogP contribution in [0.4, 0.5) is 4.39 Å². The van der Waals surface area contributed by atoms with E-state index in [9.17, 15) is 4.39 Å². The highest BCUT2D eigenvalue weighted by molar-refractivity contribution is 5.27. The molecule has 0 fully saturated rings. The van der Waals surface area contributed by atoms with E-state index in [-0.39, 0.29) is 11.6 Å². The quantitative estimate of drug-likeness (QED) is 0.686. The van der Waals surface area contributed by atoms with E-state index in [2.05, 4.69) is 0 Å². The SMILES string of the molecule is CC.CCc1ccc(O)cc1F. The maximum absolute atomic E-state index is 12.7. The van der Waals surface area contributed by atoms with Crippen LogP contribution in [-0.4, -0.2) is 5.11 Å². The molecule has 0 amide bonds. The summed E-state index contributed by atoms with van der Waals surface area (Å²) >= 11 is 0. The molecule has 0 aliphatic rings. The maximum atomic E-state index is 12.7. The van der Waals surface area contributed by atoms with Crippen molar-refractivity contribution in [2.75, 3.05) is 0 Å². The summed E-state index contributed by atoms with van der Waals surface area (Å²) in [6.45, 7) is 5.87. The van der Waals surface area contributed by atoms with Crippen molar-refractivity contribution in [3.05, 3.63) is 29.6 Å². The lowest BCUT2D eigenvalue weighted by atomic mass is 10.1. The summed E-state index contributed by atoms with van der Waals surface area (Å²) < 4.78 is 12.7. The molecule has 0 unspecified atom stereocenters. The number of aromatic hydroxyl groups is 1. The van der Waals surface area contributed by atoms with Crippen molar-refractivity contribution < 1.29 is 9.50 Å². The van der Waals surface area contributed by atoms with Crippen molar-refractivity contribution in [2.45, 2.75) is 27.2 Å². The van der Waals surface area contributed by atoms with Crippen LogP contribution in [0.5, 0.6) is 5.75 Å². The van der Waals surface area contributed by atoms with Gasteiger partial charge >= 0.3 is 0 Å². The van der Waals surface area contributed by atoms with Crippen LogP contribution in [0.25, 0.3) is 0 Å². The second-order valence-corrected chi connectivity index (χ2v) is 2.13. The van der Waals surface area contributed by atoms with Crippen LogP contribution in [0, 0.1) is 5.82 Å². The number of aryl methyl sites for hydroxylation is 1. The molecule has 0 atom stereocenters. The van der Waals surface area contributed by atoms with E-state index in [1.807, 2.05) is 20.8 Å². The lowest BCUT2D eigenvalue weighted by Gasteiger charge is -1.97. The summed E-state index contributed by atoms with van der Waals surface area (Å²) in [5, 5.41) is 8.79. The van der Waals surface area contributed by atoms with E-state index in [0.717, 1.165) is 6.07 Å². The molecule has 2 heteroatoms. The Morgan fingerprint density at radius 3 is 2.33 bits per heavy atom. The zero-order chi connectivity index (χ0) is 9.56. The normalized spacial score (nSPS) is 8.67. The molecule has 0 heterocycles. The van der Waals surface area contributed by atoms with Gasteiger partial charge in [0.15, 0.2) is 0 Å². The van der Waals surface area contributed by atoms with Crippen molar-refractivity contribution in [3.63, 3.8) is 0 Å². The van der Waals surface area contributed by atoms with Gasteiger partial charge < -0.3 is 5.11 Å². The van der Waals surface area contributed by atoms with Gasteiger partial charge in [0.2, 0.25) is 0 Å². The minimum Gasteiger partial charge on any atom is -0.508 e. The van der Waals surface area contributed by atoms with Crippen LogP contribution in [0.3, 0.4) is 0 Å². The van der Waals surface area contributed by atoms with Gasteiger partial charge in [0.1, 0.15) is 11.6 Å². The lowest BCUT2D eigenvalue weighted by Crippen LogP contribution is -1.85. The summed E-state index contributed by atoms with van der Waals surface area (Å²) in [6, 6.07) is 4.20. The summed E-state index contributed by atoms with van der Waals surface area (Å²) in [5.74, 6) is -0.350. The van der Waals surface area contributed by atoms with Gasteiger partial charge in [-0.1, -0.05) is 26.8 Å². The Hall–Kier alpha value is -1.05. The first kappa shape index (κ1) is 11.0. The topological polar surface area (TPSA) is 20.2 Å². The van der Waals surface area contributed by atoms with E-state index in [0.29, 0.717) is 12.0 Å².